The molecule has 2 fully saturated rings. The third-order valence-electron chi connectivity index (χ3n) is 5.52. The van der Waals surface area contributed by atoms with Crippen molar-refractivity contribution >= 4 is 5.91 Å². The highest BCUT2D eigenvalue weighted by molar-refractivity contribution is 5.82. The Morgan fingerprint density at radius 1 is 1.23 bits per heavy atom. The van der Waals surface area contributed by atoms with E-state index in [1.807, 2.05) is 11.9 Å². The summed E-state index contributed by atoms with van der Waals surface area (Å²) < 4.78 is 0. The van der Waals surface area contributed by atoms with E-state index in [1.165, 1.54) is 18.4 Å². The average molecular weight is 300 g/mol. The van der Waals surface area contributed by atoms with E-state index >= 15 is 0 Å². The maximum atomic E-state index is 12.5. The van der Waals surface area contributed by atoms with Crippen LogP contribution in [0.4, 0.5) is 0 Å². The molecule has 22 heavy (non-hydrogen) atoms. The third-order valence-corrected chi connectivity index (χ3v) is 5.52. The molecule has 2 aliphatic rings. The van der Waals surface area contributed by atoms with Crippen molar-refractivity contribution in [1.82, 2.24) is 10.2 Å². The fourth-order valence-corrected chi connectivity index (χ4v) is 3.87. The van der Waals surface area contributed by atoms with Crippen LogP contribution in [0.3, 0.4) is 0 Å². The first kappa shape index (κ1) is 15.5. The van der Waals surface area contributed by atoms with Gasteiger partial charge in [-0.2, -0.15) is 0 Å². The Bertz CT molecular complexity index is 493. The van der Waals surface area contributed by atoms with Crippen LogP contribution in [0, 0.1) is 11.3 Å². The normalized spacial score (nSPS) is 22.5. The van der Waals surface area contributed by atoms with E-state index in [-0.39, 0.29) is 0 Å². The van der Waals surface area contributed by atoms with Crippen LogP contribution >= 0.6 is 0 Å². The molecule has 1 heterocycles. The number of aryl methyl sites for hydroxylation is 1. The highest BCUT2D eigenvalue weighted by Crippen LogP contribution is 2.59. The van der Waals surface area contributed by atoms with Crippen molar-refractivity contribution in [3.05, 3.63) is 35.9 Å². The van der Waals surface area contributed by atoms with Crippen molar-refractivity contribution in [2.24, 2.45) is 11.3 Å². The van der Waals surface area contributed by atoms with Gasteiger partial charge in [0, 0.05) is 19.5 Å². The van der Waals surface area contributed by atoms with Crippen molar-refractivity contribution in [3.63, 3.8) is 0 Å². The smallest absolute Gasteiger partial charge is 0.226 e. The van der Waals surface area contributed by atoms with Gasteiger partial charge in [-0.25, -0.2) is 0 Å². The van der Waals surface area contributed by atoms with Crippen molar-refractivity contribution < 1.29 is 4.79 Å². The van der Waals surface area contributed by atoms with Crippen LogP contribution in [0.25, 0.3) is 0 Å². The van der Waals surface area contributed by atoms with E-state index < -0.39 is 0 Å². The van der Waals surface area contributed by atoms with Crippen LogP contribution < -0.4 is 5.32 Å². The molecule has 1 unspecified atom stereocenters. The second-order valence-electron chi connectivity index (χ2n) is 7.07. The Balaban J connectivity index is 1.37. The van der Waals surface area contributed by atoms with Crippen molar-refractivity contribution in [1.29, 1.82) is 0 Å². The quantitative estimate of drug-likeness (QED) is 0.819. The lowest BCUT2D eigenvalue weighted by atomic mass is 9.91. The number of nitrogens with one attached hydrogen (secondary N) is 1. The SMILES string of the molecule is CN(CCCCc1ccccc1)C(=O)C1CC12CCNCC2. The van der Waals surface area contributed by atoms with Crippen LogP contribution in [0.15, 0.2) is 30.3 Å². The largest absolute Gasteiger partial charge is 0.346 e. The number of carbonyl (C=O) groups is 1. The minimum Gasteiger partial charge on any atom is -0.346 e. The molecule has 0 radical (unpaired) electrons. The van der Waals surface area contributed by atoms with Crippen LogP contribution in [0.5, 0.6) is 0 Å². The van der Waals surface area contributed by atoms with Gasteiger partial charge >= 0.3 is 0 Å². The monoisotopic (exact) mass is 300 g/mol. The Morgan fingerprint density at radius 3 is 2.68 bits per heavy atom. The predicted molar refractivity (Wildman–Crippen MR) is 89.7 cm³/mol. The lowest BCUT2D eigenvalue weighted by Gasteiger charge is -2.25. The molecule has 1 aromatic carbocycles. The number of rotatable bonds is 6. The van der Waals surface area contributed by atoms with Crippen LogP contribution in [-0.2, 0) is 11.2 Å². The molecule has 1 spiro atoms. The van der Waals surface area contributed by atoms with Crippen LogP contribution in [-0.4, -0.2) is 37.5 Å². The summed E-state index contributed by atoms with van der Waals surface area (Å²) in [5.74, 6) is 0.704. The number of carbonyl (C=O) groups excluding carboxylic acids is 1. The molecule has 1 N–H and O–H groups in total. The Morgan fingerprint density at radius 2 is 1.95 bits per heavy atom. The number of unbranched alkanes of at least 4 members (excludes halogenated alkanes) is 1. The minimum absolute atomic E-state index is 0.314. The number of nitrogens with zero attached hydrogens (tertiary/aromatic N) is 1. The zero-order valence-electron chi connectivity index (χ0n) is 13.7. The molecule has 0 aromatic heterocycles. The van der Waals surface area contributed by atoms with Gasteiger partial charge in [0.05, 0.1) is 0 Å². The topological polar surface area (TPSA) is 32.3 Å². The number of hydrogen-bond acceptors (Lipinski definition) is 2. The summed E-state index contributed by atoms with van der Waals surface area (Å²) in [6.07, 6.45) is 6.86. The number of hydrogen-bond donors (Lipinski definition) is 1. The lowest BCUT2D eigenvalue weighted by Crippen LogP contribution is -2.35. The van der Waals surface area contributed by atoms with Gasteiger partial charge in [-0.05, 0) is 62.6 Å². The zero-order valence-corrected chi connectivity index (χ0v) is 13.7. The maximum Gasteiger partial charge on any atom is 0.226 e. The Labute approximate surface area is 134 Å². The van der Waals surface area contributed by atoms with E-state index in [0.717, 1.165) is 45.3 Å². The van der Waals surface area contributed by atoms with E-state index in [0.29, 0.717) is 17.2 Å². The predicted octanol–water partition coefficient (Wildman–Crippen LogP) is 2.86. The van der Waals surface area contributed by atoms with E-state index in [1.54, 1.807) is 0 Å². The molecule has 1 aromatic rings. The first-order valence-electron chi connectivity index (χ1n) is 8.71. The maximum absolute atomic E-state index is 12.5. The van der Waals surface area contributed by atoms with Gasteiger partial charge in [-0.15, -0.1) is 0 Å². The Hall–Kier alpha value is -1.35. The molecule has 3 heteroatoms. The molecular formula is C19H28N2O. The average Bonchev–Trinajstić information content (AvgIpc) is 3.25. The van der Waals surface area contributed by atoms with Gasteiger partial charge < -0.3 is 10.2 Å². The number of piperidine rings is 1. The van der Waals surface area contributed by atoms with E-state index in [2.05, 4.69) is 35.6 Å². The molecule has 1 atom stereocenters. The summed E-state index contributed by atoms with van der Waals surface area (Å²) in [4.78, 5) is 14.5. The first-order chi connectivity index (χ1) is 10.7. The molecule has 1 saturated carbocycles. The molecule has 1 amide bonds. The van der Waals surface area contributed by atoms with Gasteiger partial charge in [-0.1, -0.05) is 30.3 Å². The lowest BCUT2D eigenvalue weighted by molar-refractivity contribution is -0.132. The van der Waals surface area contributed by atoms with Gasteiger partial charge in [0.2, 0.25) is 5.91 Å². The van der Waals surface area contributed by atoms with Crippen molar-refractivity contribution in [3.8, 4) is 0 Å². The molecule has 3 rings (SSSR count). The number of benzene rings is 1. The second-order valence-corrected chi connectivity index (χ2v) is 7.07. The summed E-state index contributed by atoms with van der Waals surface area (Å²) in [5.41, 5.74) is 1.76. The molecule has 1 saturated heterocycles. The molecule has 1 aliphatic heterocycles. The Kier molecular flexibility index (Phi) is 4.82. The molecule has 120 valence electrons. The highest BCUT2D eigenvalue weighted by Gasteiger charge is 2.58. The fourth-order valence-electron chi connectivity index (χ4n) is 3.87. The summed E-state index contributed by atoms with van der Waals surface area (Å²) in [6.45, 7) is 3.08. The molecule has 0 bridgehead atoms. The molecule has 3 nitrogen and oxygen atoms in total. The van der Waals surface area contributed by atoms with Crippen LogP contribution in [0.2, 0.25) is 0 Å². The fraction of sp³-hybridized carbons (Fsp3) is 0.632. The first-order valence-corrected chi connectivity index (χ1v) is 8.71. The minimum atomic E-state index is 0.314. The van der Waals surface area contributed by atoms with Crippen LogP contribution in [0.1, 0.15) is 37.7 Å². The summed E-state index contributed by atoms with van der Waals surface area (Å²) in [7, 11) is 1.98. The van der Waals surface area contributed by atoms with Gasteiger partial charge in [0.1, 0.15) is 0 Å². The summed E-state index contributed by atoms with van der Waals surface area (Å²) in [6, 6.07) is 10.6. The third kappa shape index (κ3) is 3.52. The molecular weight excluding hydrogens is 272 g/mol. The summed E-state index contributed by atoms with van der Waals surface area (Å²) in [5, 5.41) is 3.40. The van der Waals surface area contributed by atoms with Gasteiger partial charge in [0.15, 0.2) is 0 Å². The van der Waals surface area contributed by atoms with Crippen molar-refractivity contribution in [2.45, 2.75) is 38.5 Å². The van der Waals surface area contributed by atoms with Gasteiger partial charge in [-0.3, -0.25) is 4.79 Å². The standard InChI is InChI=1S/C19H28N2O/c1-21(14-6-5-9-16-7-3-2-4-8-16)18(22)17-15-19(17)10-12-20-13-11-19/h2-4,7-8,17,20H,5-6,9-15H2,1H3. The summed E-state index contributed by atoms with van der Waals surface area (Å²) >= 11 is 0. The van der Waals surface area contributed by atoms with Crippen molar-refractivity contribution in [2.75, 3.05) is 26.7 Å². The van der Waals surface area contributed by atoms with E-state index in [9.17, 15) is 4.79 Å². The zero-order chi connectivity index (χ0) is 15.4. The van der Waals surface area contributed by atoms with E-state index in [4.69, 9.17) is 0 Å². The molecule has 1 aliphatic carbocycles. The second kappa shape index (κ2) is 6.82. The highest BCUT2D eigenvalue weighted by atomic mass is 16.2. The number of amides is 1. The van der Waals surface area contributed by atoms with Gasteiger partial charge in [0.25, 0.3) is 0 Å².